The number of H-pyrrole nitrogens is 1. The second-order valence-corrected chi connectivity index (χ2v) is 2.91. The van der Waals surface area contributed by atoms with Crippen LogP contribution in [0.25, 0.3) is 0 Å². The number of ether oxygens (including phenoxy) is 1. The summed E-state index contributed by atoms with van der Waals surface area (Å²) in [5.74, 6) is -0.946. The quantitative estimate of drug-likeness (QED) is 0.588. The Kier molecular flexibility index (Phi) is 3.38. The predicted octanol–water partition coefficient (Wildman–Crippen LogP) is 0.754. The molecule has 0 aromatic carbocycles. The first-order valence-corrected chi connectivity index (χ1v) is 4.47. The fourth-order valence-corrected chi connectivity index (χ4v) is 1.08. The molecule has 0 aliphatic rings. The molecular formula is C10H11NO4. The SMILES string of the molecule is CCOC(=O)c1c[nH]c(=O)c(C(C)=O)c1. The minimum Gasteiger partial charge on any atom is -0.462 e. The van der Waals surface area contributed by atoms with Crippen molar-refractivity contribution in [2.24, 2.45) is 0 Å². The van der Waals surface area contributed by atoms with Crippen LogP contribution >= 0.6 is 0 Å². The molecular weight excluding hydrogens is 198 g/mol. The Balaban J connectivity index is 3.13. The number of esters is 1. The highest BCUT2D eigenvalue weighted by molar-refractivity contribution is 5.97. The standard InChI is InChI=1S/C10H11NO4/c1-3-15-10(14)7-4-8(6(2)12)9(13)11-5-7/h4-5H,3H2,1-2H3,(H,11,13). The third-order valence-corrected chi connectivity index (χ3v) is 1.79. The van der Waals surface area contributed by atoms with Gasteiger partial charge in [0.05, 0.1) is 17.7 Å². The van der Waals surface area contributed by atoms with Gasteiger partial charge in [0.25, 0.3) is 5.56 Å². The van der Waals surface area contributed by atoms with Crippen LogP contribution in [0.2, 0.25) is 0 Å². The molecule has 0 saturated heterocycles. The van der Waals surface area contributed by atoms with Gasteiger partial charge in [-0.2, -0.15) is 0 Å². The van der Waals surface area contributed by atoms with Crippen molar-refractivity contribution < 1.29 is 14.3 Å². The van der Waals surface area contributed by atoms with Crippen LogP contribution in [0.1, 0.15) is 34.6 Å². The van der Waals surface area contributed by atoms with Crippen molar-refractivity contribution in [2.75, 3.05) is 6.61 Å². The van der Waals surface area contributed by atoms with E-state index < -0.39 is 11.5 Å². The highest BCUT2D eigenvalue weighted by Gasteiger charge is 2.11. The van der Waals surface area contributed by atoms with Crippen molar-refractivity contribution in [1.29, 1.82) is 0 Å². The summed E-state index contributed by atoms with van der Waals surface area (Å²) in [5, 5.41) is 0. The van der Waals surface area contributed by atoms with E-state index in [0.717, 1.165) is 0 Å². The topological polar surface area (TPSA) is 76.2 Å². The molecule has 0 amide bonds. The minimum atomic E-state index is -0.559. The average Bonchev–Trinajstić information content (AvgIpc) is 2.18. The maximum absolute atomic E-state index is 11.3. The summed E-state index contributed by atoms with van der Waals surface area (Å²) in [7, 11) is 0. The zero-order valence-electron chi connectivity index (χ0n) is 8.49. The summed E-state index contributed by atoms with van der Waals surface area (Å²) in [6.07, 6.45) is 1.23. The number of carbonyl (C=O) groups excluding carboxylic acids is 2. The Labute approximate surface area is 86.1 Å². The van der Waals surface area contributed by atoms with Gasteiger partial charge in [0.1, 0.15) is 0 Å². The van der Waals surface area contributed by atoms with Gasteiger partial charge in [0.2, 0.25) is 0 Å². The molecule has 5 heteroatoms. The van der Waals surface area contributed by atoms with Gasteiger partial charge in [-0.25, -0.2) is 4.79 Å². The minimum absolute atomic E-state index is 0.0412. The lowest BCUT2D eigenvalue weighted by molar-refractivity contribution is 0.0526. The Morgan fingerprint density at radius 3 is 2.67 bits per heavy atom. The zero-order chi connectivity index (χ0) is 11.4. The van der Waals surface area contributed by atoms with Gasteiger partial charge in [0.15, 0.2) is 5.78 Å². The molecule has 0 radical (unpaired) electrons. The monoisotopic (exact) mass is 209 g/mol. The number of rotatable bonds is 3. The van der Waals surface area contributed by atoms with Gasteiger partial charge < -0.3 is 9.72 Å². The van der Waals surface area contributed by atoms with Crippen LogP contribution in [0.5, 0.6) is 0 Å². The lowest BCUT2D eigenvalue weighted by Crippen LogP contribution is -2.18. The predicted molar refractivity (Wildman–Crippen MR) is 53.0 cm³/mol. The lowest BCUT2D eigenvalue weighted by atomic mass is 10.1. The molecule has 5 nitrogen and oxygen atoms in total. The van der Waals surface area contributed by atoms with Crippen LogP contribution in [-0.2, 0) is 4.74 Å². The maximum atomic E-state index is 11.3. The second kappa shape index (κ2) is 4.54. The van der Waals surface area contributed by atoms with Gasteiger partial charge in [-0.05, 0) is 19.9 Å². The molecule has 0 fully saturated rings. The van der Waals surface area contributed by atoms with Gasteiger partial charge >= 0.3 is 5.97 Å². The van der Waals surface area contributed by atoms with Crippen molar-refractivity contribution in [3.8, 4) is 0 Å². The molecule has 0 spiro atoms. The van der Waals surface area contributed by atoms with Crippen LogP contribution in [0.3, 0.4) is 0 Å². The molecule has 0 unspecified atom stereocenters. The van der Waals surface area contributed by atoms with Crippen molar-refractivity contribution in [3.05, 3.63) is 33.7 Å². The summed E-state index contributed by atoms with van der Waals surface area (Å²) >= 11 is 0. The van der Waals surface area contributed by atoms with E-state index in [1.54, 1.807) is 6.92 Å². The zero-order valence-corrected chi connectivity index (χ0v) is 8.49. The summed E-state index contributed by atoms with van der Waals surface area (Å²) in [6, 6.07) is 1.24. The smallest absolute Gasteiger partial charge is 0.339 e. The van der Waals surface area contributed by atoms with Crippen molar-refractivity contribution in [1.82, 2.24) is 4.98 Å². The molecule has 1 aromatic heterocycles. The molecule has 80 valence electrons. The molecule has 0 atom stereocenters. The molecule has 1 aromatic rings. The maximum Gasteiger partial charge on any atom is 0.339 e. The summed E-state index contributed by atoms with van der Waals surface area (Å²) < 4.78 is 4.73. The summed E-state index contributed by atoms with van der Waals surface area (Å²) in [5.41, 5.74) is -0.377. The van der Waals surface area contributed by atoms with E-state index >= 15 is 0 Å². The number of nitrogens with one attached hydrogen (secondary N) is 1. The molecule has 1 heterocycles. The van der Waals surface area contributed by atoms with E-state index in [0.29, 0.717) is 0 Å². The number of Topliss-reactive ketones (excluding diaryl/α,β-unsaturated/α-hetero) is 1. The van der Waals surface area contributed by atoms with Crippen molar-refractivity contribution in [2.45, 2.75) is 13.8 Å². The van der Waals surface area contributed by atoms with Crippen molar-refractivity contribution >= 4 is 11.8 Å². The first-order chi connectivity index (χ1) is 7.06. The Hall–Kier alpha value is -1.91. The highest BCUT2D eigenvalue weighted by Crippen LogP contribution is 2.01. The first-order valence-electron chi connectivity index (χ1n) is 4.47. The Morgan fingerprint density at radius 1 is 1.47 bits per heavy atom. The number of hydrogen-bond acceptors (Lipinski definition) is 4. The Morgan fingerprint density at radius 2 is 2.13 bits per heavy atom. The van der Waals surface area contributed by atoms with E-state index in [4.69, 9.17) is 4.74 Å². The summed E-state index contributed by atoms with van der Waals surface area (Å²) in [6.45, 7) is 3.18. The molecule has 1 N–H and O–H groups in total. The van der Waals surface area contributed by atoms with Gasteiger partial charge in [-0.1, -0.05) is 0 Å². The number of pyridine rings is 1. The highest BCUT2D eigenvalue weighted by atomic mass is 16.5. The van der Waals surface area contributed by atoms with E-state index in [9.17, 15) is 14.4 Å². The third kappa shape index (κ3) is 2.52. The van der Waals surface area contributed by atoms with E-state index in [1.807, 2.05) is 0 Å². The second-order valence-electron chi connectivity index (χ2n) is 2.91. The van der Waals surface area contributed by atoms with Gasteiger partial charge in [-0.15, -0.1) is 0 Å². The van der Waals surface area contributed by atoms with Crippen LogP contribution in [0.15, 0.2) is 17.1 Å². The first kappa shape index (κ1) is 11.2. The fourth-order valence-electron chi connectivity index (χ4n) is 1.08. The number of aromatic nitrogens is 1. The molecule has 0 saturated carbocycles. The summed E-state index contributed by atoms with van der Waals surface area (Å²) in [4.78, 5) is 35.8. The fraction of sp³-hybridized carbons (Fsp3) is 0.300. The molecule has 1 rings (SSSR count). The molecule has 15 heavy (non-hydrogen) atoms. The van der Waals surface area contributed by atoms with Crippen LogP contribution < -0.4 is 5.56 Å². The van der Waals surface area contributed by atoms with E-state index in [-0.39, 0.29) is 23.5 Å². The number of aromatic amines is 1. The Bertz CT molecular complexity index is 447. The number of hydrogen-bond donors (Lipinski definition) is 1. The number of carbonyl (C=O) groups is 2. The largest absolute Gasteiger partial charge is 0.462 e. The van der Waals surface area contributed by atoms with Crippen molar-refractivity contribution in [3.63, 3.8) is 0 Å². The van der Waals surface area contributed by atoms with Gasteiger partial charge in [0, 0.05) is 6.20 Å². The van der Waals surface area contributed by atoms with Gasteiger partial charge in [-0.3, -0.25) is 9.59 Å². The molecule has 0 bridgehead atoms. The molecule has 0 aliphatic heterocycles. The molecule has 0 aliphatic carbocycles. The van der Waals surface area contributed by atoms with E-state index in [2.05, 4.69) is 4.98 Å². The van der Waals surface area contributed by atoms with Crippen LogP contribution in [-0.4, -0.2) is 23.3 Å². The third-order valence-electron chi connectivity index (χ3n) is 1.79. The lowest BCUT2D eigenvalue weighted by Gasteiger charge is -2.02. The average molecular weight is 209 g/mol. The van der Waals surface area contributed by atoms with Crippen LogP contribution in [0.4, 0.5) is 0 Å². The van der Waals surface area contributed by atoms with Crippen LogP contribution in [0, 0.1) is 0 Å². The number of ketones is 1. The normalized spacial score (nSPS) is 9.73. The van der Waals surface area contributed by atoms with E-state index in [1.165, 1.54) is 19.2 Å².